The van der Waals surface area contributed by atoms with Crippen LogP contribution in [-0.2, 0) is 0 Å². The van der Waals surface area contributed by atoms with Gasteiger partial charge in [0.2, 0.25) is 0 Å². The third-order valence-electron chi connectivity index (χ3n) is 6.48. The summed E-state index contributed by atoms with van der Waals surface area (Å²) in [5.74, 6) is 0.184. The molecule has 166 valence electrons. The molecule has 2 heterocycles. The molecule has 2 aliphatic heterocycles. The van der Waals surface area contributed by atoms with Gasteiger partial charge in [0.05, 0.1) is 0 Å². The van der Waals surface area contributed by atoms with Crippen LogP contribution in [0.2, 0.25) is 0 Å². The highest BCUT2D eigenvalue weighted by Gasteiger charge is 2.30. The van der Waals surface area contributed by atoms with Crippen molar-refractivity contribution in [2.24, 2.45) is 0 Å². The number of hydrogen-bond acceptors (Lipinski definition) is 4. The quantitative estimate of drug-likeness (QED) is 0.725. The van der Waals surface area contributed by atoms with Crippen molar-refractivity contribution in [1.29, 1.82) is 0 Å². The maximum atomic E-state index is 13.8. The Morgan fingerprint density at radius 2 is 1.68 bits per heavy atom. The van der Waals surface area contributed by atoms with Crippen molar-refractivity contribution >= 4 is 11.6 Å². The Hall–Kier alpha value is -2.60. The van der Waals surface area contributed by atoms with E-state index in [1.165, 1.54) is 6.07 Å². The van der Waals surface area contributed by atoms with Gasteiger partial charge in [-0.25, -0.2) is 4.39 Å². The molecule has 0 radical (unpaired) electrons. The molecule has 0 aromatic heterocycles. The Morgan fingerprint density at radius 1 is 0.968 bits per heavy atom. The van der Waals surface area contributed by atoms with E-state index in [9.17, 15) is 9.18 Å². The van der Waals surface area contributed by atoms with Crippen LogP contribution in [0.4, 0.5) is 10.1 Å². The summed E-state index contributed by atoms with van der Waals surface area (Å²) in [4.78, 5) is 19.5. The van der Waals surface area contributed by atoms with Crippen molar-refractivity contribution in [2.75, 3.05) is 45.2 Å². The molecule has 5 nitrogen and oxygen atoms in total. The van der Waals surface area contributed by atoms with E-state index in [0.29, 0.717) is 11.8 Å². The van der Waals surface area contributed by atoms with Crippen molar-refractivity contribution in [3.8, 4) is 5.75 Å². The number of carbonyl (C=O) groups is 1. The summed E-state index contributed by atoms with van der Waals surface area (Å²) in [6.45, 7) is 3.51. The minimum absolute atomic E-state index is 0.0683. The lowest BCUT2D eigenvalue weighted by atomic mass is 9.98. The second-order valence-corrected chi connectivity index (χ2v) is 8.75. The van der Waals surface area contributed by atoms with Crippen molar-refractivity contribution in [1.82, 2.24) is 9.80 Å². The van der Waals surface area contributed by atoms with Gasteiger partial charge in [-0.2, -0.15) is 0 Å². The van der Waals surface area contributed by atoms with Gasteiger partial charge < -0.3 is 14.5 Å². The third-order valence-corrected chi connectivity index (χ3v) is 6.48. The first-order valence-corrected chi connectivity index (χ1v) is 11.2. The zero-order chi connectivity index (χ0) is 21.8. The zero-order valence-electron chi connectivity index (χ0n) is 18.5. The minimum atomic E-state index is -0.293. The molecule has 0 unspecified atom stereocenters. The maximum absolute atomic E-state index is 13.8. The number of anilines is 1. The van der Waals surface area contributed by atoms with Gasteiger partial charge in [0.1, 0.15) is 6.10 Å². The normalized spacial score (nSPS) is 18.7. The van der Waals surface area contributed by atoms with Crippen LogP contribution in [0.5, 0.6) is 5.75 Å². The van der Waals surface area contributed by atoms with E-state index in [4.69, 9.17) is 4.74 Å². The summed E-state index contributed by atoms with van der Waals surface area (Å²) in [6.07, 6.45) is 3.88. The molecule has 1 amide bonds. The number of benzene rings is 2. The van der Waals surface area contributed by atoms with E-state index in [1.807, 2.05) is 48.2 Å². The molecule has 4 rings (SSSR count). The maximum Gasteiger partial charge on any atom is 0.253 e. The topological polar surface area (TPSA) is 36.0 Å². The van der Waals surface area contributed by atoms with Crippen LogP contribution in [0.15, 0.2) is 48.5 Å². The molecule has 0 aliphatic carbocycles. The third kappa shape index (κ3) is 5.18. The number of para-hydroxylation sites is 1. The molecule has 6 heteroatoms. The summed E-state index contributed by atoms with van der Waals surface area (Å²) in [5, 5.41) is 0. The van der Waals surface area contributed by atoms with Gasteiger partial charge in [-0.1, -0.05) is 18.2 Å². The summed E-state index contributed by atoms with van der Waals surface area (Å²) in [7, 11) is 3.97. The number of likely N-dealkylation sites (tertiary alicyclic amines) is 2. The molecular weight excluding hydrogens is 393 g/mol. The Labute approximate surface area is 184 Å². The molecule has 31 heavy (non-hydrogen) atoms. The number of piperidine rings is 2. The van der Waals surface area contributed by atoms with E-state index in [2.05, 4.69) is 4.90 Å². The molecule has 2 aromatic rings. The number of carbonyl (C=O) groups excluding carboxylic acids is 1. The van der Waals surface area contributed by atoms with E-state index in [-0.39, 0.29) is 17.8 Å². The fourth-order valence-corrected chi connectivity index (χ4v) is 4.61. The minimum Gasteiger partial charge on any atom is -0.487 e. The lowest BCUT2D eigenvalue weighted by Crippen LogP contribution is -2.50. The van der Waals surface area contributed by atoms with Crippen molar-refractivity contribution < 1.29 is 13.9 Å². The number of hydrogen-bond donors (Lipinski definition) is 0. The predicted octanol–water partition coefficient (Wildman–Crippen LogP) is 4.04. The van der Waals surface area contributed by atoms with Gasteiger partial charge in [0.15, 0.2) is 11.6 Å². The van der Waals surface area contributed by atoms with E-state index >= 15 is 0 Å². The average molecular weight is 426 g/mol. The molecule has 0 bridgehead atoms. The van der Waals surface area contributed by atoms with E-state index in [0.717, 1.165) is 63.1 Å². The number of amides is 1. The Bertz CT molecular complexity index is 888. The molecule has 2 aliphatic rings. The number of ether oxygens (including phenoxy) is 1. The average Bonchev–Trinajstić information content (AvgIpc) is 2.81. The Balaban J connectivity index is 1.25. The zero-order valence-corrected chi connectivity index (χ0v) is 18.5. The van der Waals surface area contributed by atoms with Crippen LogP contribution >= 0.6 is 0 Å². The highest BCUT2D eigenvalue weighted by molar-refractivity contribution is 5.95. The van der Waals surface area contributed by atoms with Crippen LogP contribution in [-0.4, -0.2) is 68.1 Å². The fraction of sp³-hybridized carbons (Fsp3) is 0.480. The second-order valence-electron chi connectivity index (χ2n) is 8.75. The predicted molar refractivity (Wildman–Crippen MR) is 121 cm³/mol. The van der Waals surface area contributed by atoms with Gasteiger partial charge in [0, 0.05) is 57.6 Å². The van der Waals surface area contributed by atoms with Crippen LogP contribution in [0.1, 0.15) is 36.0 Å². The Kier molecular flexibility index (Phi) is 6.76. The van der Waals surface area contributed by atoms with Crippen LogP contribution in [0.3, 0.4) is 0 Å². The number of rotatable bonds is 5. The van der Waals surface area contributed by atoms with E-state index < -0.39 is 0 Å². The SMILES string of the molecule is CN(C)c1cccc(C(=O)N2CCC(N3CCC(Oc4ccccc4F)CC3)CC2)c1. The van der Waals surface area contributed by atoms with Crippen molar-refractivity contribution in [3.63, 3.8) is 0 Å². The summed E-state index contributed by atoms with van der Waals surface area (Å²) in [6, 6.07) is 15.0. The Morgan fingerprint density at radius 3 is 2.35 bits per heavy atom. The fourth-order valence-electron chi connectivity index (χ4n) is 4.61. The first-order valence-electron chi connectivity index (χ1n) is 11.2. The second kappa shape index (κ2) is 9.69. The number of halogens is 1. The molecule has 0 N–H and O–H groups in total. The largest absolute Gasteiger partial charge is 0.487 e. The van der Waals surface area contributed by atoms with Crippen molar-refractivity contribution in [3.05, 3.63) is 59.9 Å². The molecule has 2 saturated heterocycles. The van der Waals surface area contributed by atoms with Gasteiger partial charge in [-0.15, -0.1) is 0 Å². The lowest BCUT2D eigenvalue weighted by Gasteiger charge is -2.41. The van der Waals surface area contributed by atoms with Gasteiger partial charge in [-0.05, 0) is 56.0 Å². The molecule has 0 spiro atoms. The van der Waals surface area contributed by atoms with Gasteiger partial charge >= 0.3 is 0 Å². The van der Waals surface area contributed by atoms with Crippen LogP contribution < -0.4 is 9.64 Å². The first-order chi connectivity index (χ1) is 15.0. The summed E-state index contributed by atoms with van der Waals surface area (Å²) in [5.41, 5.74) is 1.80. The van der Waals surface area contributed by atoms with Gasteiger partial charge in [0.25, 0.3) is 5.91 Å². The standard InChI is InChI=1S/C25H32FN3O2/c1-27(2)21-7-5-6-19(18-21)25(30)29-14-10-20(11-15-29)28-16-12-22(13-17-28)31-24-9-4-3-8-23(24)26/h3-9,18,20,22H,10-17H2,1-2H3. The number of nitrogens with zero attached hydrogens (tertiary/aromatic N) is 3. The summed E-state index contributed by atoms with van der Waals surface area (Å²) >= 11 is 0. The molecule has 2 aromatic carbocycles. The van der Waals surface area contributed by atoms with Crippen LogP contribution in [0.25, 0.3) is 0 Å². The monoisotopic (exact) mass is 425 g/mol. The molecule has 0 atom stereocenters. The lowest BCUT2D eigenvalue weighted by molar-refractivity contribution is 0.0416. The van der Waals surface area contributed by atoms with E-state index in [1.54, 1.807) is 18.2 Å². The molecule has 0 saturated carbocycles. The van der Waals surface area contributed by atoms with Gasteiger partial charge in [-0.3, -0.25) is 9.69 Å². The highest BCUT2D eigenvalue weighted by Crippen LogP contribution is 2.26. The van der Waals surface area contributed by atoms with Crippen molar-refractivity contribution in [2.45, 2.75) is 37.8 Å². The molecular formula is C25H32FN3O2. The summed E-state index contributed by atoms with van der Waals surface area (Å²) < 4.78 is 19.7. The highest BCUT2D eigenvalue weighted by atomic mass is 19.1. The first kappa shape index (κ1) is 21.6. The molecule has 2 fully saturated rings. The smallest absolute Gasteiger partial charge is 0.253 e. The van der Waals surface area contributed by atoms with Crippen LogP contribution in [0, 0.1) is 5.82 Å².